The fraction of sp³-hybridized carbons (Fsp3) is 0.400. The molecule has 0 aliphatic heterocycles. The van der Waals surface area contributed by atoms with Crippen LogP contribution >= 0.6 is 0 Å². The molecule has 0 saturated carbocycles. The van der Waals surface area contributed by atoms with Crippen molar-refractivity contribution in [3.05, 3.63) is 47.2 Å². The van der Waals surface area contributed by atoms with E-state index in [9.17, 15) is 4.79 Å². The van der Waals surface area contributed by atoms with Gasteiger partial charge in [-0.3, -0.25) is 4.79 Å². The van der Waals surface area contributed by atoms with Gasteiger partial charge in [0.25, 0.3) is 5.91 Å². The Morgan fingerprint density at radius 1 is 1.37 bits per heavy atom. The summed E-state index contributed by atoms with van der Waals surface area (Å²) < 4.78 is 5.02. The molecule has 1 amide bonds. The van der Waals surface area contributed by atoms with Crippen LogP contribution in [0.15, 0.2) is 36.1 Å². The van der Waals surface area contributed by atoms with Crippen LogP contribution in [0.3, 0.4) is 0 Å². The SMILES string of the molecule is CC/C(=C/OC)Cc1ccc(C(=O)NCCO)cc1. The summed E-state index contributed by atoms with van der Waals surface area (Å²) in [5.41, 5.74) is 2.95. The molecule has 4 nitrogen and oxygen atoms in total. The lowest BCUT2D eigenvalue weighted by atomic mass is 10.0. The summed E-state index contributed by atoms with van der Waals surface area (Å²) in [4.78, 5) is 11.6. The Kier molecular flexibility index (Phi) is 6.68. The number of aliphatic hydroxyl groups excluding tert-OH is 1. The molecule has 1 aromatic rings. The van der Waals surface area contributed by atoms with Crippen LogP contribution in [-0.2, 0) is 11.2 Å². The number of carbonyl (C=O) groups excluding carboxylic acids is 1. The number of rotatable bonds is 7. The number of hydrogen-bond donors (Lipinski definition) is 2. The smallest absolute Gasteiger partial charge is 0.251 e. The Morgan fingerprint density at radius 2 is 2.05 bits per heavy atom. The number of aliphatic hydroxyl groups is 1. The molecule has 0 bridgehead atoms. The molecule has 0 aromatic heterocycles. The molecule has 0 radical (unpaired) electrons. The molecule has 0 aliphatic rings. The predicted octanol–water partition coefficient (Wildman–Crippen LogP) is 1.89. The van der Waals surface area contributed by atoms with E-state index in [0.717, 1.165) is 18.4 Å². The van der Waals surface area contributed by atoms with Gasteiger partial charge in [-0.1, -0.05) is 19.1 Å². The van der Waals surface area contributed by atoms with Gasteiger partial charge in [0.1, 0.15) is 0 Å². The first-order valence-electron chi connectivity index (χ1n) is 6.40. The highest BCUT2D eigenvalue weighted by Crippen LogP contribution is 2.12. The minimum atomic E-state index is -0.163. The summed E-state index contributed by atoms with van der Waals surface area (Å²) in [7, 11) is 1.64. The van der Waals surface area contributed by atoms with Gasteiger partial charge in [-0.15, -0.1) is 0 Å². The third kappa shape index (κ3) is 5.14. The van der Waals surface area contributed by atoms with E-state index in [1.165, 1.54) is 5.57 Å². The summed E-state index contributed by atoms with van der Waals surface area (Å²) in [5.74, 6) is -0.163. The van der Waals surface area contributed by atoms with Crippen molar-refractivity contribution in [2.45, 2.75) is 19.8 Å². The molecular weight excluding hydrogens is 242 g/mol. The highest BCUT2D eigenvalue weighted by atomic mass is 16.5. The standard InChI is InChI=1S/C15H21NO3/c1-3-12(11-19-2)10-13-4-6-14(7-5-13)15(18)16-8-9-17/h4-7,11,17H,3,8-10H2,1-2H3,(H,16,18)/b12-11-. The molecule has 4 heteroatoms. The normalized spacial score (nSPS) is 11.2. The molecule has 0 saturated heterocycles. The summed E-state index contributed by atoms with van der Waals surface area (Å²) >= 11 is 0. The lowest BCUT2D eigenvalue weighted by Gasteiger charge is -2.07. The largest absolute Gasteiger partial charge is 0.504 e. The zero-order valence-electron chi connectivity index (χ0n) is 11.5. The third-order valence-electron chi connectivity index (χ3n) is 2.78. The van der Waals surface area contributed by atoms with E-state index in [2.05, 4.69) is 12.2 Å². The molecule has 1 rings (SSSR count). The van der Waals surface area contributed by atoms with Gasteiger partial charge >= 0.3 is 0 Å². The molecule has 0 fully saturated rings. The van der Waals surface area contributed by atoms with Gasteiger partial charge in [0.2, 0.25) is 0 Å². The first kappa shape index (κ1) is 15.2. The fourth-order valence-corrected chi connectivity index (χ4v) is 1.72. The summed E-state index contributed by atoms with van der Waals surface area (Å²) in [5, 5.41) is 11.3. The maximum atomic E-state index is 11.6. The highest BCUT2D eigenvalue weighted by Gasteiger charge is 2.05. The van der Waals surface area contributed by atoms with E-state index in [4.69, 9.17) is 9.84 Å². The average Bonchev–Trinajstić information content (AvgIpc) is 2.45. The van der Waals surface area contributed by atoms with Crippen LogP contribution in [0.5, 0.6) is 0 Å². The van der Waals surface area contributed by atoms with E-state index in [-0.39, 0.29) is 19.1 Å². The van der Waals surface area contributed by atoms with Crippen LogP contribution in [0.1, 0.15) is 29.3 Å². The van der Waals surface area contributed by atoms with E-state index in [1.54, 1.807) is 25.5 Å². The van der Waals surface area contributed by atoms with Crippen molar-refractivity contribution in [2.24, 2.45) is 0 Å². The first-order valence-corrected chi connectivity index (χ1v) is 6.40. The molecule has 0 unspecified atom stereocenters. The summed E-state index contributed by atoms with van der Waals surface area (Å²) in [6.45, 7) is 2.31. The number of benzene rings is 1. The van der Waals surface area contributed by atoms with E-state index in [0.29, 0.717) is 5.56 Å². The summed E-state index contributed by atoms with van der Waals surface area (Å²) in [6, 6.07) is 7.46. The second-order valence-electron chi connectivity index (χ2n) is 4.22. The molecule has 0 heterocycles. The van der Waals surface area contributed by atoms with Crippen molar-refractivity contribution in [1.29, 1.82) is 0 Å². The number of methoxy groups -OCH3 is 1. The number of amides is 1. The highest BCUT2D eigenvalue weighted by molar-refractivity contribution is 5.94. The number of allylic oxidation sites excluding steroid dienone is 1. The van der Waals surface area contributed by atoms with Crippen LogP contribution < -0.4 is 5.32 Å². The lowest BCUT2D eigenvalue weighted by molar-refractivity contribution is 0.0945. The van der Waals surface area contributed by atoms with Gasteiger partial charge in [-0.2, -0.15) is 0 Å². The molecule has 0 aliphatic carbocycles. The summed E-state index contributed by atoms with van der Waals surface area (Å²) in [6.07, 6.45) is 3.53. The lowest BCUT2D eigenvalue weighted by Crippen LogP contribution is -2.26. The van der Waals surface area contributed by atoms with Gasteiger partial charge in [0.15, 0.2) is 0 Å². The van der Waals surface area contributed by atoms with Gasteiger partial charge in [0, 0.05) is 12.1 Å². The molecule has 0 spiro atoms. The van der Waals surface area contributed by atoms with Crippen molar-refractivity contribution < 1.29 is 14.6 Å². The van der Waals surface area contributed by atoms with Crippen LogP contribution in [0, 0.1) is 0 Å². The van der Waals surface area contributed by atoms with Gasteiger partial charge in [-0.25, -0.2) is 0 Å². The zero-order chi connectivity index (χ0) is 14.1. The van der Waals surface area contributed by atoms with Crippen LogP contribution in [0.2, 0.25) is 0 Å². The Labute approximate surface area is 114 Å². The minimum absolute atomic E-state index is 0.0501. The van der Waals surface area contributed by atoms with E-state index >= 15 is 0 Å². The molecule has 19 heavy (non-hydrogen) atoms. The minimum Gasteiger partial charge on any atom is -0.504 e. The molecule has 1 aromatic carbocycles. The monoisotopic (exact) mass is 263 g/mol. The van der Waals surface area contributed by atoms with Crippen LogP contribution in [-0.4, -0.2) is 31.3 Å². The predicted molar refractivity (Wildman–Crippen MR) is 74.9 cm³/mol. The van der Waals surface area contributed by atoms with Crippen LogP contribution in [0.25, 0.3) is 0 Å². The van der Waals surface area contributed by atoms with E-state index in [1.807, 2.05) is 12.1 Å². The Morgan fingerprint density at radius 3 is 2.58 bits per heavy atom. The second kappa shape index (κ2) is 8.32. The quantitative estimate of drug-likeness (QED) is 0.739. The first-order chi connectivity index (χ1) is 9.21. The van der Waals surface area contributed by atoms with E-state index < -0.39 is 0 Å². The van der Waals surface area contributed by atoms with Crippen molar-refractivity contribution in [3.8, 4) is 0 Å². The number of hydrogen-bond acceptors (Lipinski definition) is 3. The fourth-order valence-electron chi connectivity index (χ4n) is 1.72. The van der Waals surface area contributed by atoms with Crippen molar-refractivity contribution in [1.82, 2.24) is 5.32 Å². The van der Waals surface area contributed by atoms with Gasteiger partial charge < -0.3 is 15.2 Å². The van der Waals surface area contributed by atoms with Gasteiger partial charge in [-0.05, 0) is 36.1 Å². The molecular formula is C15H21NO3. The zero-order valence-corrected chi connectivity index (χ0v) is 11.5. The Balaban J connectivity index is 2.65. The number of ether oxygens (including phenoxy) is 1. The Bertz CT molecular complexity index is 424. The van der Waals surface area contributed by atoms with Crippen molar-refractivity contribution in [3.63, 3.8) is 0 Å². The molecule has 2 N–H and O–H groups in total. The maximum Gasteiger partial charge on any atom is 0.251 e. The van der Waals surface area contributed by atoms with Gasteiger partial charge in [0.05, 0.1) is 20.0 Å². The third-order valence-corrected chi connectivity index (χ3v) is 2.78. The molecule has 104 valence electrons. The molecule has 0 atom stereocenters. The topological polar surface area (TPSA) is 58.6 Å². The van der Waals surface area contributed by atoms with Crippen molar-refractivity contribution >= 4 is 5.91 Å². The second-order valence-corrected chi connectivity index (χ2v) is 4.22. The van der Waals surface area contributed by atoms with Crippen LogP contribution in [0.4, 0.5) is 0 Å². The number of carbonyl (C=O) groups is 1. The average molecular weight is 263 g/mol. The maximum absolute atomic E-state index is 11.6. The van der Waals surface area contributed by atoms with Crippen molar-refractivity contribution in [2.75, 3.05) is 20.3 Å². The number of nitrogens with one attached hydrogen (secondary N) is 1. The Hall–Kier alpha value is -1.81.